The van der Waals surface area contributed by atoms with Crippen molar-refractivity contribution in [3.63, 3.8) is 0 Å². The van der Waals surface area contributed by atoms with Gasteiger partial charge in [0.25, 0.3) is 0 Å². The zero-order chi connectivity index (χ0) is 18.2. The summed E-state index contributed by atoms with van der Waals surface area (Å²) in [6.45, 7) is 4.76. The lowest BCUT2D eigenvalue weighted by Gasteiger charge is -2.31. The highest BCUT2D eigenvalue weighted by Crippen LogP contribution is 2.15. The Morgan fingerprint density at radius 1 is 1.35 bits per heavy atom. The van der Waals surface area contributed by atoms with Gasteiger partial charge in [0.2, 0.25) is 5.91 Å². The van der Waals surface area contributed by atoms with Crippen molar-refractivity contribution in [3.8, 4) is 5.75 Å². The lowest BCUT2D eigenvalue weighted by atomic mass is 10.1. The summed E-state index contributed by atoms with van der Waals surface area (Å²) in [5, 5.41) is 6.23. The van der Waals surface area contributed by atoms with Gasteiger partial charge in [-0.25, -0.2) is 0 Å². The Labute approximate surface area is 156 Å². The predicted molar refractivity (Wildman–Crippen MR) is 101 cm³/mol. The molecule has 0 unspecified atom stereocenters. The number of ether oxygens (including phenoxy) is 2. The number of rotatable bonds is 8. The van der Waals surface area contributed by atoms with Gasteiger partial charge in [0, 0.05) is 32.3 Å². The molecule has 0 aliphatic carbocycles. The summed E-state index contributed by atoms with van der Waals surface area (Å²) in [5.41, 5.74) is 1.06. The summed E-state index contributed by atoms with van der Waals surface area (Å²) in [6, 6.07) is 8.54. The van der Waals surface area contributed by atoms with E-state index in [1.165, 1.54) is 0 Å². The molecule has 2 fully saturated rings. The Hall–Kier alpha value is -1.63. The molecule has 144 valence electrons. The van der Waals surface area contributed by atoms with E-state index in [9.17, 15) is 4.79 Å². The van der Waals surface area contributed by atoms with E-state index in [1.807, 2.05) is 24.3 Å². The molecule has 6 heteroatoms. The number of likely N-dealkylation sites (N-methyl/N-ethyl adjacent to an activating group) is 1. The summed E-state index contributed by atoms with van der Waals surface area (Å²) < 4.78 is 11.3. The molecule has 0 radical (unpaired) electrons. The van der Waals surface area contributed by atoms with E-state index in [-0.39, 0.29) is 11.9 Å². The van der Waals surface area contributed by atoms with Crippen molar-refractivity contribution in [2.75, 3.05) is 40.0 Å². The predicted octanol–water partition coefficient (Wildman–Crippen LogP) is 1.54. The Bertz CT molecular complexity index is 569. The topological polar surface area (TPSA) is 62.8 Å². The lowest BCUT2D eigenvalue weighted by Crippen LogP contribution is -2.40. The highest BCUT2D eigenvalue weighted by atomic mass is 16.5. The fraction of sp³-hybridized carbons (Fsp3) is 0.650. The fourth-order valence-corrected chi connectivity index (χ4v) is 3.58. The third kappa shape index (κ3) is 5.69. The molecule has 2 saturated heterocycles. The maximum Gasteiger partial charge on any atom is 0.237 e. The van der Waals surface area contributed by atoms with Crippen molar-refractivity contribution in [3.05, 3.63) is 29.8 Å². The Morgan fingerprint density at radius 2 is 2.19 bits per heavy atom. The summed E-state index contributed by atoms with van der Waals surface area (Å²) >= 11 is 0. The van der Waals surface area contributed by atoms with Crippen LogP contribution in [-0.2, 0) is 16.1 Å². The lowest BCUT2D eigenvalue weighted by molar-refractivity contribution is -0.122. The molecule has 0 bridgehead atoms. The van der Waals surface area contributed by atoms with Crippen LogP contribution in [0, 0.1) is 0 Å². The zero-order valence-corrected chi connectivity index (χ0v) is 15.7. The van der Waals surface area contributed by atoms with Gasteiger partial charge in [0.05, 0.1) is 6.04 Å². The van der Waals surface area contributed by atoms with Crippen molar-refractivity contribution in [2.45, 2.75) is 44.3 Å². The highest BCUT2D eigenvalue weighted by Gasteiger charge is 2.21. The molecular formula is C20H31N3O3. The SMILES string of the molecule is CN(CCOc1cccc(CNC(=O)[C@@H]2CCCN2)c1)C1CCOCC1. The van der Waals surface area contributed by atoms with Crippen LogP contribution < -0.4 is 15.4 Å². The number of nitrogens with one attached hydrogen (secondary N) is 2. The molecule has 2 N–H and O–H groups in total. The summed E-state index contributed by atoms with van der Waals surface area (Å²) in [5.74, 6) is 0.947. The van der Waals surface area contributed by atoms with E-state index >= 15 is 0 Å². The minimum atomic E-state index is -0.0323. The standard InChI is InChI=1S/C20H31N3O3/c1-23(17-7-11-25-12-8-17)10-13-26-18-5-2-4-16(14-18)15-22-20(24)19-6-3-9-21-19/h2,4-5,14,17,19,21H,3,6-13,15H2,1H3,(H,22,24)/t19-/m0/s1. The normalized spacial score (nSPS) is 21.1. The molecule has 2 heterocycles. The van der Waals surface area contributed by atoms with Crippen LogP contribution in [0.5, 0.6) is 5.75 Å². The molecule has 2 aliphatic heterocycles. The highest BCUT2D eigenvalue weighted by molar-refractivity contribution is 5.81. The molecule has 2 aliphatic rings. The molecule has 6 nitrogen and oxygen atoms in total. The van der Waals surface area contributed by atoms with Crippen LogP contribution in [0.3, 0.4) is 0 Å². The average Bonchev–Trinajstić information content (AvgIpc) is 3.22. The molecule has 0 saturated carbocycles. The number of hydrogen-bond acceptors (Lipinski definition) is 5. The maximum atomic E-state index is 12.1. The monoisotopic (exact) mass is 361 g/mol. The smallest absolute Gasteiger partial charge is 0.237 e. The van der Waals surface area contributed by atoms with Crippen molar-refractivity contribution in [1.82, 2.24) is 15.5 Å². The van der Waals surface area contributed by atoms with Crippen LogP contribution in [-0.4, -0.2) is 62.8 Å². The number of amides is 1. The largest absolute Gasteiger partial charge is 0.492 e. The fourth-order valence-electron chi connectivity index (χ4n) is 3.58. The van der Waals surface area contributed by atoms with Gasteiger partial charge >= 0.3 is 0 Å². The molecule has 0 aromatic heterocycles. The maximum absolute atomic E-state index is 12.1. The van der Waals surface area contributed by atoms with Crippen molar-refractivity contribution >= 4 is 5.91 Å². The molecule has 1 aromatic rings. The first-order valence-electron chi connectivity index (χ1n) is 9.73. The first-order valence-corrected chi connectivity index (χ1v) is 9.73. The van der Waals surface area contributed by atoms with E-state index in [4.69, 9.17) is 9.47 Å². The van der Waals surface area contributed by atoms with Crippen molar-refractivity contribution in [1.29, 1.82) is 0 Å². The van der Waals surface area contributed by atoms with Crippen LogP contribution >= 0.6 is 0 Å². The van der Waals surface area contributed by atoms with E-state index < -0.39 is 0 Å². The zero-order valence-electron chi connectivity index (χ0n) is 15.7. The number of carbonyl (C=O) groups is 1. The van der Waals surface area contributed by atoms with Gasteiger partial charge in [-0.3, -0.25) is 9.69 Å². The third-order valence-corrected chi connectivity index (χ3v) is 5.27. The minimum absolute atomic E-state index is 0.0323. The molecule has 26 heavy (non-hydrogen) atoms. The van der Waals surface area contributed by atoms with Gasteiger partial charge < -0.3 is 20.1 Å². The second-order valence-electron chi connectivity index (χ2n) is 7.19. The van der Waals surface area contributed by atoms with Crippen molar-refractivity contribution in [2.24, 2.45) is 0 Å². The Morgan fingerprint density at radius 3 is 2.96 bits per heavy atom. The summed E-state index contributed by atoms with van der Waals surface area (Å²) in [4.78, 5) is 14.4. The number of benzene rings is 1. The van der Waals surface area contributed by atoms with Gasteiger partial charge in [0.1, 0.15) is 12.4 Å². The van der Waals surface area contributed by atoms with Gasteiger partial charge in [-0.2, -0.15) is 0 Å². The molecular weight excluding hydrogens is 330 g/mol. The second-order valence-corrected chi connectivity index (χ2v) is 7.19. The first-order chi connectivity index (χ1) is 12.7. The van der Waals surface area contributed by atoms with E-state index in [2.05, 4.69) is 22.6 Å². The molecule has 3 rings (SSSR count). The number of hydrogen-bond donors (Lipinski definition) is 2. The minimum Gasteiger partial charge on any atom is -0.492 e. The molecule has 1 amide bonds. The van der Waals surface area contributed by atoms with Crippen molar-refractivity contribution < 1.29 is 14.3 Å². The van der Waals surface area contributed by atoms with Crippen LogP contribution in [0.15, 0.2) is 24.3 Å². The quantitative estimate of drug-likeness (QED) is 0.736. The van der Waals surface area contributed by atoms with E-state index in [1.54, 1.807) is 0 Å². The summed E-state index contributed by atoms with van der Waals surface area (Å²) in [7, 11) is 2.16. The average molecular weight is 361 g/mol. The van der Waals surface area contributed by atoms with E-state index in [0.29, 0.717) is 19.2 Å². The molecule has 1 aromatic carbocycles. The van der Waals surface area contributed by atoms with Gasteiger partial charge in [-0.15, -0.1) is 0 Å². The number of carbonyl (C=O) groups excluding carboxylic acids is 1. The van der Waals surface area contributed by atoms with Crippen LogP contribution in [0.1, 0.15) is 31.2 Å². The molecule has 1 atom stereocenters. The molecule has 0 spiro atoms. The van der Waals surface area contributed by atoms with Gasteiger partial charge in [0.15, 0.2) is 0 Å². The van der Waals surface area contributed by atoms with Crippen LogP contribution in [0.25, 0.3) is 0 Å². The number of nitrogens with zero attached hydrogens (tertiary/aromatic N) is 1. The van der Waals surface area contributed by atoms with Crippen LogP contribution in [0.4, 0.5) is 0 Å². The van der Waals surface area contributed by atoms with E-state index in [0.717, 1.165) is 63.3 Å². The second kappa shape index (κ2) is 9.90. The summed E-state index contributed by atoms with van der Waals surface area (Å²) in [6.07, 6.45) is 4.20. The van der Waals surface area contributed by atoms with Crippen LogP contribution in [0.2, 0.25) is 0 Å². The third-order valence-electron chi connectivity index (χ3n) is 5.27. The van der Waals surface area contributed by atoms with Gasteiger partial charge in [-0.05, 0) is 57.0 Å². The first kappa shape index (κ1) is 19.1. The van der Waals surface area contributed by atoms with Gasteiger partial charge in [-0.1, -0.05) is 12.1 Å². The Balaban J connectivity index is 1.39. The Kier molecular flexibility index (Phi) is 7.29.